The van der Waals surface area contributed by atoms with Gasteiger partial charge in [-0.1, -0.05) is 37.3 Å². The van der Waals surface area contributed by atoms with E-state index in [2.05, 4.69) is 15.3 Å². The molecule has 106 valence electrons. The Morgan fingerprint density at radius 2 is 1.95 bits per heavy atom. The van der Waals surface area contributed by atoms with Crippen molar-refractivity contribution >= 4 is 11.6 Å². The third kappa shape index (κ3) is 3.68. The lowest BCUT2D eigenvalue weighted by atomic mass is 10.0. The highest BCUT2D eigenvalue weighted by Gasteiger charge is 2.17. The summed E-state index contributed by atoms with van der Waals surface area (Å²) in [6.45, 7) is 4.13. The number of aliphatic hydroxyl groups is 1. The monoisotopic (exact) mass is 272 g/mol. The van der Waals surface area contributed by atoms with Gasteiger partial charge in [0.25, 0.3) is 0 Å². The van der Waals surface area contributed by atoms with E-state index in [1.54, 1.807) is 13.0 Å². The van der Waals surface area contributed by atoms with Crippen LogP contribution < -0.4 is 11.1 Å². The number of nitrogen functional groups attached to an aromatic ring is 1. The van der Waals surface area contributed by atoms with Gasteiger partial charge in [-0.25, -0.2) is 9.97 Å². The summed E-state index contributed by atoms with van der Waals surface area (Å²) in [7, 11) is 0. The van der Waals surface area contributed by atoms with Gasteiger partial charge in [0.05, 0.1) is 5.60 Å². The van der Waals surface area contributed by atoms with Gasteiger partial charge < -0.3 is 16.2 Å². The molecule has 0 aliphatic rings. The van der Waals surface area contributed by atoms with Crippen molar-refractivity contribution in [2.45, 2.75) is 25.9 Å². The molecule has 1 aromatic carbocycles. The Morgan fingerprint density at radius 1 is 1.25 bits per heavy atom. The number of nitrogens with zero attached hydrogens (tertiary/aromatic N) is 2. The molecule has 20 heavy (non-hydrogen) atoms. The van der Waals surface area contributed by atoms with Crippen molar-refractivity contribution in [3.63, 3.8) is 0 Å². The Balaban J connectivity index is 2.21. The van der Waals surface area contributed by atoms with E-state index in [1.165, 1.54) is 0 Å². The van der Waals surface area contributed by atoms with Crippen molar-refractivity contribution in [3.8, 4) is 11.4 Å². The first-order chi connectivity index (χ1) is 9.50. The molecule has 5 heteroatoms. The molecule has 1 atom stereocenters. The summed E-state index contributed by atoms with van der Waals surface area (Å²) in [6, 6.07) is 11.3. The molecule has 0 spiro atoms. The maximum absolute atomic E-state index is 10.0. The predicted octanol–water partition coefficient (Wildman–Crippen LogP) is 2.30. The Morgan fingerprint density at radius 3 is 2.60 bits per heavy atom. The summed E-state index contributed by atoms with van der Waals surface area (Å²) in [6.07, 6.45) is 0.659. The molecule has 0 saturated heterocycles. The van der Waals surface area contributed by atoms with Gasteiger partial charge >= 0.3 is 0 Å². The highest BCUT2D eigenvalue weighted by atomic mass is 16.3. The van der Waals surface area contributed by atoms with E-state index >= 15 is 0 Å². The number of nitrogens with two attached hydrogens (primary N) is 1. The van der Waals surface area contributed by atoms with Gasteiger partial charge in [0.1, 0.15) is 11.6 Å². The summed E-state index contributed by atoms with van der Waals surface area (Å²) >= 11 is 0. The van der Waals surface area contributed by atoms with Crippen molar-refractivity contribution in [1.82, 2.24) is 9.97 Å². The van der Waals surface area contributed by atoms with Crippen molar-refractivity contribution in [2.24, 2.45) is 0 Å². The summed E-state index contributed by atoms with van der Waals surface area (Å²) in [4.78, 5) is 8.66. The molecule has 5 nitrogen and oxygen atoms in total. The Hall–Kier alpha value is -2.14. The second-order valence-electron chi connectivity index (χ2n) is 5.07. The van der Waals surface area contributed by atoms with E-state index in [1.807, 2.05) is 37.3 Å². The summed E-state index contributed by atoms with van der Waals surface area (Å²) < 4.78 is 0. The topological polar surface area (TPSA) is 84.1 Å². The lowest BCUT2D eigenvalue weighted by molar-refractivity contribution is 0.0696. The van der Waals surface area contributed by atoms with Gasteiger partial charge in [-0.15, -0.1) is 0 Å². The molecule has 2 rings (SSSR count). The molecular weight excluding hydrogens is 252 g/mol. The third-order valence-electron chi connectivity index (χ3n) is 3.19. The minimum Gasteiger partial charge on any atom is -0.388 e. The summed E-state index contributed by atoms with van der Waals surface area (Å²) in [5.74, 6) is 1.59. The van der Waals surface area contributed by atoms with E-state index < -0.39 is 5.60 Å². The highest BCUT2D eigenvalue weighted by Crippen LogP contribution is 2.19. The van der Waals surface area contributed by atoms with E-state index in [4.69, 9.17) is 5.73 Å². The number of rotatable bonds is 5. The van der Waals surface area contributed by atoms with Gasteiger partial charge in [0, 0.05) is 18.2 Å². The summed E-state index contributed by atoms with van der Waals surface area (Å²) in [5.41, 5.74) is 5.95. The van der Waals surface area contributed by atoms with E-state index in [0.717, 1.165) is 5.56 Å². The Bertz CT molecular complexity index is 569. The fourth-order valence-corrected chi connectivity index (χ4v) is 1.68. The molecule has 0 fully saturated rings. The molecule has 0 amide bonds. The van der Waals surface area contributed by atoms with Gasteiger partial charge in [0.15, 0.2) is 5.82 Å². The molecule has 0 saturated carbocycles. The van der Waals surface area contributed by atoms with Crippen molar-refractivity contribution in [3.05, 3.63) is 36.4 Å². The number of anilines is 2. The minimum atomic E-state index is -0.771. The van der Waals surface area contributed by atoms with Crippen LogP contribution in [0.25, 0.3) is 11.4 Å². The van der Waals surface area contributed by atoms with Crippen LogP contribution in [0.15, 0.2) is 36.4 Å². The van der Waals surface area contributed by atoms with Gasteiger partial charge in [-0.2, -0.15) is 0 Å². The van der Waals surface area contributed by atoms with Crippen LogP contribution in [-0.4, -0.2) is 27.2 Å². The van der Waals surface area contributed by atoms with Crippen LogP contribution in [-0.2, 0) is 0 Å². The van der Waals surface area contributed by atoms with Crippen molar-refractivity contribution in [2.75, 3.05) is 17.6 Å². The Kier molecular flexibility index (Phi) is 4.20. The van der Waals surface area contributed by atoms with Gasteiger partial charge in [-0.05, 0) is 13.3 Å². The minimum absolute atomic E-state index is 0.400. The second kappa shape index (κ2) is 5.88. The molecule has 0 bridgehead atoms. The second-order valence-corrected chi connectivity index (χ2v) is 5.07. The zero-order chi connectivity index (χ0) is 14.6. The average molecular weight is 272 g/mol. The van der Waals surface area contributed by atoms with E-state index in [-0.39, 0.29) is 0 Å². The maximum atomic E-state index is 10.0. The van der Waals surface area contributed by atoms with Gasteiger partial charge in [0.2, 0.25) is 0 Å². The van der Waals surface area contributed by atoms with Crippen LogP contribution in [0.2, 0.25) is 0 Å². The Labute approximate surface area is 118 Å². The smallest absolute Gasteiger partial charge is 0.163 e. The molecule has 0 aliphatic carbocycles. The third-order valence-corrected chi connectivity index (χ3v) is 3.19. The lowest BCUT2D eigenvalue weighted by Gasteiger charge is -2.22. The van der Waals surface area contributed by atoms with Crippen LogP contribution in [0.4, 0.5) is 11.6 Å². The van der Waals surface area contributed by atoms with Crippen LogP contribution in [0.1, 0.15) is 20.3 Å². The quantitative estimate of drug-likeness (QED) is 0.777. The number of benzene rings is 1. The zero-order valence-corrected chi connectivity index (χ0v) is 11.8. The standard InChI is InChI=1S/C15H20N4O/c1-3-15(2,20)10-17-13-9-12(16)18-14(19-13)11-7-5-4-6-8-11/h4-9,20H,3,10H2,1-2H3,(H3,16,17,18,19). The molecule has 1 aromatic heterocycles. The lowest BCUT2D eigenvalue weighted by Crippen LogP contribution is -2.32. The van der Waals surface area contributed by atoms with E-state index in [0.29, 0.717) is 30.4 Å². The fraction of sp³-hybridized carbons (Fsp3) is 0.333. The van der Waals surface area contributed by atoms with Crippen LogP contribution >= 0.6 is 0 Å². The average Bonchev–Trinajstić information content (AvgIpc) is 2.46. The van der Waals surface area contributed by atoms with Crippen LogP contribution in [0.5, 0.6) is 0 Å². The first-order valence-electron chi connectivity index (χ1n) is 6.66. The first kappa shape index (κ1) is 14.3. The van der Waals surface area contributed by atoms with Crippen LogP contribution in [0, 0.1) is 0 Å². The number of hydrogen-bond donors (Lipinski definition) is 3. The van der Waals surface area contributed by atoms with Crippen molar-refractivity contribution < 1.29 is 5.11 Å². The number of nitrogens with one attached hydrogen (secondary N) is 1. The fourth-order valence-electron chi connectivity index (χ4n) is 1.68. The highest BCUT2D eigenvalue weighted by molar-refractivity contribution is 5.60. The first-order valence-corrected chi connectivity index (χ1v) is 6.66. The molecule has 2 aromatic rings. The zero-order valence-electron chi connectivity index (χ0n) is 11.8. The number of aromatic nitrogens is 2. The number of hydrogen-bond acceptors (Lipinski definition) is 5. The largest absolute Gasteiger partial charge is 0.388 e. The molecule has 0 aliphatic heterocycles. The molecule has 1 heterocycles. The summed E-state index contributed by atoms with van der Waals surface area (Å²) in [5, 5.41) is 13.1. The molecular formula is C15H20N4O. The van der Waals surface area contributed by atoms with Crippen molar-refractivity contribution in [1.29, 1.82) is 0 Å². The SMILES string of the molecule is CCC(C)(O)CNc1cc(N)nc(-c2ccccc2)n1. The molecule has 0 radical (unpaired) electrons. The van der Waals surface area contributed by atoms with Crippen LogP contribution in [0.3, 0.4) is 0 Å². The van der Waals surface area contributed by atoms with Gasteiger partial charge in [-0.3, -0.25) is 0 Å². The molecule has 4 N–H and O–H groups in total. The molecule has 1 unspecified atom stereocenters. The predicted molar refractivity (Wildman–Crippen MR) is 81.3 cm³/mol. The maximum Gasteiger partial charge on any atom is 0.163 e. The van der Waals surface area contributed by atoms with E-state index in [9.17, 15) is 5.11 Å². The normalized spacial score (nSPS) is 13.8.